The topological polar surface area (TPSA) is 42.0 Å². The quantitative estimate of drug-likeness (QED) is 0.778. The van der Waals surface area contributed by atoms with Gasteiger partial charge in [-0.3, -0.25) is 4.79 Å². The molecule has 0 saturated carbocycles. The van der Waals surface area contributed by atoms with Crippen molar-refractivity contribution in [3.8, 4) is 0 Å². The van der Waals surface area contributed by atoms with Crippen molar-refractivity contribution in [2.75, 3.05) is 5.32 Å². The number of hydrogen-bond donors (Lipinski definition) is 1. The zero-order valence-electron chi connectivity index (χ0n) is 12.4. The molecule has 0 aliphatic heterocycles. The number of halogens is 1. The van der Waals surface area contributed by atoms with E-state index in [1.807, 2.05) is 72.8 Å². The third-order valence-electron chi connectivity index (χ3n) is 3.44. The van der Waals surface area contributed by atoms with Gasteiger partial charge in [0.25, 0.3) is 0 Å². The minimum absolute atomic E-state index is 0. The SMILES string of the molecule is Cl.O=C(Nc1ccccn1)C(c1ccccc1)c1ccccc1. The van der Waals surface area contributed by atoms with E-state index in [0.29, 0.717) is 5.82 Å². The van der Waals surface area contributed by atoms with Crippen LogP contribution in [0, 0.1) is 0 Å². The number of carbonyl (C=O) groups excluding carboxylic acids is 1. The van der Waals surface area contributed by atoms with Crippen LogP contribution in [0.5, 0.6) is 0 Å². The van der Waals surface area contributed by atoms with Crippen molar-refractivity contribution in [1.82, 2.24) is 4.98 Å². The molecule has 2 aromatic carbocycles. The standard InChI is InChI=1S/C19H16N2O.ClH/c22-19(21-17-13-7-8-14-20-17)18(15-9-3-1-4-10-15)16-11-5-2-6-12-16;/h1-14,18H,(H,20,21,22);1H. The lowest BCUT2D eigenvalue weighted by atomic mass is 9.90. The van der Waals surface area contributed by atoms with Crippen molar-refractivity contribution >= 4 is 24.1 Å². The molecule has 1 amide bonds. The van der Waals surface area contributed by atoms with Crippen molar-refractivity contribution in [1.29, 1.82) is 0 Å². The third kappa shape index (κ3) is 4.18. The van der Waals surface area contributed by atoms with E-state index in [1.54, 1.807) is 12.3 Å². The lowest BCUT2D eigenvalue weighted by Crippen LogP contribution is -2.22. The largest absolute Gasteiger partial charge is 0.310 e. The molecule has 1 heterocycles. The predicted octanol–water partition coefficient (Wildman–Crippen LogP) is 4.27. The maximum Gasteiger partial charge on any atom is 0.237 e. The number of benzene rings is 2. The monoisotopic (exact) mass is 324 g/mol. The molecule has 0 aliphatic rings. The summed E-state index contributed by atoms with van der Waals surface area (Å²) in [5, 5.41) is 2.89. The fourth-order valence-electron chi connectivity index (χ4n) is 2.42. The number of nitrogens with zero attached hydrogens (tertiary/aromatic N) is 1. The van der Waals surface area contributed by atoms with Gasteiger partial charge in [0.05, 0.1) is 5.92 Å². The van der Waals surface area contributed by atoms with Crippen LogP contribution in [0.1, 0.15) is 17.0 Å². The summed E-state index contributed by atoms with van der Waals surface area (Å²) in [7, 11) is 0. The Morgan fingerprint density at radius 2 is 1.30 bits per heavy atom. The second-order valence-electron chi connectivity index (χ2n) is 4.96. The summed E-state index contributed by atoms with van der Waals surface area (Å²) in [5.41, 5.74) is 1.92. The fourth-order valence-corrected chi connectivity index (χ4v) is 2.42. The minimum Gasteiger partial charge on any atom is -0.310 e. The Kier molecular flexibility index (Phi) is 5.89. The van der Waals surface area contributed by atoms with Crippen LogP contribution in [-0.2, 0) is 4.79 Å². The lowest BCUT2D eigenvalue weighted by molar-refractivity contribution is -0.116. The van der Waals surface area contributed by atoms with E-state index in [-0.39, 0.29) is 24.2 Å². The second-order valence-corrected chi connectivity index (χ2v) is 4.96. The van der Waals surface area contributed by atoms with Crippen LogP contribution in [-0.4, -0.2) is 10.9 Å². The minimum atomic E-state index is -0.357. The first-order chi connectivity index (χ1) is 10.8. The Labute approximate surface area is 141 Å². The van der Waals surface area contributed by atoms with Crippen LogP contribution in [0.25, 0.3) is 0 Å². The average Bonchev–Trinajstić information content (AvgIpc) is 2.58. The number of pyridine rings is 1. The molecule has 0 bridgehead atoms. The van der Waals surface area contributed by atoms with E-state index in [4.69, 9.17) is 0 Å². The summed E-state index contributed by atoms with van der Waals surface area (Å²) < 4.78 is 0. The summed E-state index contributed by atoms with van der Waals surface area (Å²) in [6.07, 6.45) is 1.66. The molecule has 0 atom stereocenters. The molecule has 0 saturated heterocycles. The van der Waals surface area contributed by atoms with Crippen molar-refractivity contribution in [2.24, 2.45) is 0 Å². The zero-order valence-corrected chi connectivity index (χ0v) is 13.2. The van der Waals surface area contributed by atoms with E-state index < -0.39 is 0 Å². The molecule has 3 rings (SSSR count). The Bertz CT molecular complexity index is 694. The highest BCUT2D eigenvalue weighted by Gasteiger charge is 2.22. The molecule has 116 valence electrons. The first-order valence-electron chi connectivity index (χ1n) is 7.16. The van der Waals surface area contributed by atoms with Gasteiger partial charge in [-0.05, 0) is 23.3 Å². The van der Waals surface area contributed by atoms with Gasteiger partial charge in [-0.25, -0.2) is 4.98 Å². The predicted molar refractivity (Wildman–Crippen MR) is 94.8 cm³/mol. The van der Waals surface area contributed by atoms with E-state index >= 15 is 0 Å². The van der Waals surface area contributed by atoms with Gasteiger partial charge in [-0.1, -0.05) is 66.7 Å². The summed E-state index contributed by atoms with van der Waals surface area (Å²) in [5.74, 6) is 0.116. The van der Waals surface area contributed by atoms with Gasteiger partial charge in [-0.15, -0.1) is 12.4 Å². The molecular weight excluding hydrogens is 308 g/mol. The first kappa shape index (κ1) is 16.7. The molecule has 4 heteroatoms. The Morgan fingerprint density at radius 3 is 1.78 bits per heavy atom. The molecule has 0 aliphatic carbocycles. The summed E-state index contributed by atoms with van der Waals surface area (Å²) in [4.78, 5) is 16.9. The molecule has 23 heavy (non-hydrogen) atoms. The molecule has 0 spiro atoms. The van der Waals surface area contributed by atoms with Crippen molar-refractivity contribution in [3.05, 3.63) is 96.2 Å². The van der Waals surface area contributed by atoms with Crippen LogP contribution in [0.15, 0.2) is 85.1 Å². The van der Waals surface area contributed by atoms with Gasteiger partial charge in [0, 0.05) is 6.20 Å². The maximum absolute atomic E-state index is 12.8. The van der Waals surface area contributed by atoms with Crippen LogP contribution in [0.2, 0.25) is 0 Å². The number of aromatic nitrogens is 1. The summed E-state index contributed by atoms with van der Waals surface area (Å²) in [6, 6.07) is 25.0. The van der Waals surface area contributed by atoms with E-state index in [0.717, 1.165) is 11.1 Å². The van der Waals surface area contributed by atoms with Crippen LogP contribution in [0.4, 0.5) is 5.82 Å². The highest BCUT2D eigenvalue weighted by atomic mass is 35.5. The fraction of sp³-hybridized carbons (Fsp3) is 0.0526. The van der Waals surface area contributed by atoms with Gasteiger partial charge in [-0.2, -0.15) is 0 Å². The highest BCUT2D eigenvalue weighted by Crippen LogP contribution is 2.25. The zero-order chi connectivity index (χ0) is 15.2. The van der Waals surface area contributed by atoms with Crippen molar-refractivity contribution in [2.45, 2.75) is 5.92 Å². The van der Waals surface area contributed by atoms with E-state index in [1.165, 1.54) is 0 Å². The maximum atomic E-state index is 12.8. The van der Waals surface area contributed by atoms with Crippen LogP contribution < -0.4 is 5.32 Å². The smallest absolute Gasteiger partial charge is 0.237 e. The average molecular weight is 325 g/mol. The van der Waals surface area contributed by atoms with E-state index in [2.05, 4.69) is 10.3 Å². The van der Waals surface area contributed by atoms with Crippen molar-refractivity contribution < 1.29 is 4.79 Å². The molecule has 1 N–H and O–H groups in total. The number of amides is 1. The van der Waals surface area contributed by atoms with Crippen LogP contribution >= 0.6 is 12.4 Å². The number of nitrogens with one attached hydrogen (secondary N) is 1. The molecule has 0 unspecified atom stereocenters. The van der Waals surface area contributed by atoms with Gasteiger partial charge in [0.1, 0.15) is 5.82 Å². The number of rotatable bonds is 4. The van der Waals surface area contributed by atoms with Gasteiger partial charge >= 0.3 is 0 Å². The second kappa shape index (κ2) is 8.11. The van der Waals surface area contributed by atoms with Gasteiger partial charge < -0.3 is 5.32 Å². The number of carbonyl (C=O) groups is 1. The summed E-state index contributed by atoms with van der Waals surface area (Å²) in [6.45, 7) is 0. The molecule has 3 aromatic rings. The normalized spacial score (nSPS) is 9.96. The molecule has 0 fully saturated rings. The third-order valence-corrected chi connectivity index (χ3v) is 3.44. The lowest BCUT2D eigenvalue weighted by Gasteiger charge is -2.17. The van der Waals surface area contributed by atoms with Crippen LogP contribution in [0.3, 0.4) is 0 Å². The first-order valence-corrected chi connectivity index (χ1v) is 7.16. The van der Waals surface area contributed by atoms with Gasteiger partial charge in [0.2, 0.25) is 5.91 Å². The molecule has 0 radical (unpaired) electrons. The van der Waals surface area contributed by atoms with Gasteiger partial charge in [0.15, 0.2) is 0 Å². The Hall–Kier alpha value is -2.65. The highest BCUT2D eigenvalue weighted by molar-refractivity contribution is 5.97. The summed E-state index contributed by atoms with van der Waals surface area (Å²) >= 11 is 0. The molecular formula is C19H17ClN2O. The Morgan fingerprint density at radius 1 is 0.783 bits per heavy atom. The van der Waals surface area contributed by atoms with E-state index in [9.17, 15) is 4.79 Å². The number of hydrogen-bond acceptors (Lipinski definition) is 2. The van der Waals surface area contributed by atoms with Crippen molar-refractivity contribution in [3.63, 3.8) is 0 Å². The molecule has 3 nitrogen and oxygen atoms in total. The Balaban J connectivity index is 0.00000192. The molecule has 1 aromatic heterocycles. The number of anilines is 1.